The lowest BCUT2D eigenvalue weighted by atomic mass is 10.0. The standard InChI is InChI=1S/C16H16BrFO/c1-3-11-4-6-12(7-5-11)16(17)13-8-9-14(18)15(10-13)19-2/h4-10,16H,3H2,1-2H3. The molecule has 0 N–H and O–H groups in total. The Balaban J connectivity index is 2.29. The van der Waals surface area contributed by atoms with Crippen LogP contribution in [0.1, 0.15) is 28.4 Å². The van der Waals surface area contributed by atoms with Crippen molar-refractivity contribution in [1.29, 1.82) is 0 Å². The van der Waals surface area contributed by atoms with Gasteiger partial charge in [0.05, 0.1) is 11.9 Å². The largest absolute Gasteiger partial charge is 0.494 e. The predicted molar refractivity (Wildman–Crippen MR) is 79.5 cm³/mol. The molecule has 2 aromatic carbocycles. The Morgan fingerprint density at radius 1 is 1.11 bits per heavy atom. The zero-order valence-corrected chi connectivity index (χ0v) is 12.6. The maximum atomic E-state index is 13.4. The summed E-state index contributed by atoms with van der Waals surface area (Å²) in [6, 6.07) is 13.3. The number of rotatable bonds is 4. The van der Waals surface area contributed by atoms with Gasteiger partial charge >= 0.3 is 0 Å². The minimum atomic E-state index is -0.340. The fraction of sp³-hybridized carbons (Fsp3) is 0.250. The van der Waals surface area contributed by atoms with E-state index in [1.54, 1.807) is 12.1 Å². The van der Waals surface area contributed by atoms with Crippen LogP contribution in [0.15, 0.2) is 42.5 Å². The predicted octanol–water partition coefficient (Wildman–Crippen LogP) is 4.88. The molecule has 0 amide bonds. The summed E-state index contributed by atoms with van der Waals surface area (Å²) in [6.07, 6.45) is 1.03. The molecular weight excluding hydrogens is 307 g/mol. The van der Waals surface area contributed by atoms with E-state index in [1.165, 1.54) is 18.7 Å². The van der Waals surface area contributed by atoms with Crippen molar-refractivity contribution in [3.05, 3.63) is 65.0 Å². The molecule has 2 aromatic rings. The quantitative estimate of drug-likeness (QED) is 0.729. The summed E-state index contributed by atoms with van der Waals surface area (Å²) in [5.41, 5.74) is 3.42. The van der Waals surface area contributed by atoms with Crippen molar-refractivity contribution >= 4 is 15.9 Å². The van der Waals surface area contributed by atoms with Gasteiger partial charge in [-0.1, -0.05) is 53.2 Å². The molecule has 1 atom stereocenters. The van der Waals surface area contributed by atoms with Crippen molar-refractivity contribution in [3.8, 4) is 5.75 Å². The van der Waals surface area contributed by atoms with Crippen LogP contribution in [0.25, 0.3) is 0 Å². The second-order valence-electron chi connectivity index (χ2n) is 4.35. The van der Waals surface area contributed by atoms with E-state index >= 15 is 0 Å². The van der Waals surface area contributed by atoms with Gasteiger partial charge in [-0.15, -0.1) is 0 Å². The van der Waals surface area contributed by atoms with E-state index in [2.05, 4.69) is 47.1 Å². The maximum absolute atomic E-state index is 13.4. The van der Waals surface area contributed by atoms with Crippen LogP contribution in [0.4, 0.5) is 4.39 Å². The highest BCUT2D eigenvalue weighted by atomic mass is 79.9. The number of aryl methyl sites for hydroxylation is 1. The molecule has 100 valence electrons. The molecule has 1 unspecified atom stereocenters. The number of benzene rings is 2. The molecule has 0 radical (unpaired) electrons. The monoisotopic (exact) mass is 322 g/mol. The number of halogens is 2. The van der Waals surface area contributed by atoms with Crippen LogP contribution < -0.4 is 4.74 Å². The molecule has 0 saturated heterocycles. The van der Waals surface area contributed by atoms with E-state index in [-0.39, 0.29) is 16.4 Å². The lowest BCUT2D eigenvalue weighted by Crippen LogP contribution is -1.96. The minimum absolute atomic E-state index is 0.0351. The molecule has 19 heavy (non-hydrogen) atoms. The average Bonchev–Trinajstić information content (AvgIpc) is 2.47. The summed E-state index contributed by atoms with van der Waals surface area (Å²) in [4.78, 5) is 0.0351. The van der Waals surface area contributed by atoms with Crippen molar-refractivity contribution in [3.63, 3.8) is 0 Å². The minimum Gasteiger partial charge on any atom is -0.494 e. The van der Waals surface area contributed by atoms with Gasteiger partial charge in [0.25, 0.3) is 0 Å². The Morgan fingerprint density at radius 3 is 2.32 bits per heavy atom. The van der Waals surface area contributed by atoms with Crippen LogP contribution in [-0.2, 0) is 6.42 Å². The average molecular weight is 323 g/mol. The van der Waals surface area contributed by atoms with E-state index in [0.29, 0.717) is 0 Å². The molecule has 2 rings (SSSR count). The number of methoxy groups -OCH3 is 1. The molecule has 0 aliphatic rings. The van der Waals surface area contributed by atoms with E-state index in [1.807, 2.05) is 0 Å². The summed E-state index contributed by atoms with van der Waals surface area (Å²) in [5.74, 6) is -0.0700. The second-order valence-corrected chi connectivity index (χ2v) is 5.27. The molecule has 0 spiro atoms. The first-order valence-electron chi connectivity index (χ1n) is 6.22. The van der Waals surface area contributed by atoms with Crippen LogP contribution in [0.5, 0.6) is 5.75 Å². The van der Waals surface area contributed by atoms with E-state index in [0.717, 1.165) is 17.5 Å². The van der Waals surface area contributed by atoms with Crippen LogP contribution in [0, 0.1) is 5.82 Å². The summed E-state index contributed by atoms with van der Waals surface area (Å²) < 4.78 is 18.4. The lowest BCUT2D eigenvalue weighted by Gasteiger charge is -2.13. The Kier molecular flexibility index (Phi) is 4.59. The molecule has 0 aromatic heterocycles. The van der Waals surface area contributed by atoms with Crippen molar-refractivity contribution < 1.29 is 9.13 Å². The molecule has 0 aliphatic heterocycles. The third-order valence-electron chi connectivity index (χ3n) is 3.15. The molecule has 0 saturated carbocycles. The molecule has 1 nitrogen and oxygen atoms in total. The first-order chi connectivity index (χ1) is 9.15. The van der Waals surface area contributed by atoms with Crippen molar-refractivity contribution in [1.82, 2.24) is 0 Å². The van der Waals surface area contributed by atoms with Crippen LogP contribution in [-0.4, -0.2) is 7.11 Å². The van der Waals surface area contributed by atoms with E-state index < -0.39 is 0 Å². The van der Waals surface area contributed by atoms with E-state index in [9.17, 15) is 4.39 Å². The van der Waals surface area contributed by atoms with Crippen LogP contribution >= 0.6 is 15.9 Å². The van der Waals surface area contributed by atoms with Crippen LogP contribution in [0.2, 0.25) is 0 Å². The lowest BCUT2D eigenvalue weighted by molar-refractivity contribution is 0.386. The maximum Gasteiger partial charge on any atom is 0.165 e. The molecule has 0 heterocycles. The zero-order valence-electron chi connectivity index (χ0n) is 11.0. The Morgan fingerprint density at radius 2 is 1.74 bits per heavy atom. The number of alkyl halides is 1. The van der Waals surface area contributed by atoms with Gasteiger partial charge in [0.15, 0.2) is 11.6 Å². The summed E-state index contributed by atoms with van der Waals surface area (Å²) in [7, 11) is 1.47. The SMILES string of the molecule is CCc1ccc(C(Br)c2ccc(F)c(OC)c2)cc1. The smallest absolute Gasteiger partial charge is 0.165 e. The van der Waals surface area contributed by atoms with Gasteiger partial charge in [-0.05, 0) is 35.2 Å². The third kappa shape index (κ3) is 3.16. The van der Waals surface area contributed by atoms with Gasteiger partial charge in [0.1, 0.15) is 0 Å². The Labute approximate surface area is 121 Å². The van der Waals surface area contributed by atoms with Gasteiger partial charge in [-0.3, -0.25) is 0 Å². The highest BCUT2D eigenvalue weighted by molar-refractivity contribution is 9.09. The topological polar surface area (TPSA) is 9.23 Å². The number of hydrogen-bond donors (Lipinski definition) is 0. The summed E-state index contributed by atoms with van der Waals surface area (Å²) >= 11 is 3.65. The second kappa shape index (κ2) is 6.20. The summed E-state index contributed by atoms with van der Waals surface area (Å²) in [6.45, 7) is 2.13. The van der Waals surface area contributed by atoms with Gasteiger partial charge in [0, 0.05) is 0 Å². The van der Waals surface area contributed by atoms with Gasteiger partial charge in [-0.25, -0.2) is 4.39 Å². The zero-order chi connectivity index (χ0) is 13.8. The van der Waals surface area contributed by atoms with Gasteiger partial charge in [-0.2, -0.15) is 0 Å². The fourth-order valence-corrected chi connectivity index (χ4v) is 2.54. The molecule has 0 aliphatic carbocycles. The van der Waals surface area contributed by atoms with Crippen LogP contribution in [0.3, 0.4) is 0 Å². The van der Waals surface area contributed by atoms with Gasteiger partial charge in [0.2, 0.25) is 0 Å². The molecule has 0 fully saturated rings. The van der Waals surface area contributed by atoms with Crippen molar-refractivity contribution in [2.75, 3.05) is 7.11 Å². The third-order valence-corrected chi connectivity index (χ3v) is 4.21. The van der Waals surface area contributed by atoms with Crippen molar-refractivity contribution in [2.24, 2.45) is 0 Å². The molecular formula is C16H16BrFO. The van der Waals surface area contributed by atoms with Crippen molar-refractivity contribution in [2.45, 2.75) is 18.2 Å². The highest BCUT2D eigenvalue weighted by Gasteiger charge is 2.13. The first kappa shape index (κ1) is 14.1. The fourth-order valence-electron chi connectivity index (χ4n) is 1.95. The first-order valence-corrected chi connectivity index (χ1v) is 7.13. The Bertz CT molecular complexity index is 551. The summed E-state index contributed by atoms with van der Waals surface area (Å²) in [5, 5.41) is 0. The van der Waals surface area contributed by atoms with E-state index in [4.69, 9.17) is 4.74 Å². The normalized spacial score (nSPS) is 12.2. The Hall–Kier alpha value is -1.35. The highest BCUT2D eigenvalue weighted by Crippen LogP contribution is 2.33. The molecule has 3 heteroatoms. The molecule has 0 bridgehead atoms. The number of hydrogen-bond acceptors (Lipinski definition) is 1. The number of ether oxygens (including phenoxy) is 1. The van der Waals surface area contributed by atoms with Gasteiger partial charge < -0.3 is 4.74 Å².